The van der Waals surface area contributed by atoms with Crippen LogP contribution in [0.5, 0.6) is 5.75 Å². The Bertz CT molecular complexity index is 632. The molecule has 0 heterocycles. The summed E-state index contributed by atoms with van der Waals surface area (Å²) < 4.78 is 29.8. The van der Waals surface area contributed by atoms with Crippen molar-refractivity contribution in [2.24, 2.45) is 0 Å². The summed E-state index contributed by atoms with van der Waals surface area (Å²) in [5, 5.41) is 2.65. The van der Waals surface area contributed by atoms with Crippen molar-refractivity contribution in [1.29, 1.82) is 0 Å². The van der Waals surface area contributed by atoms with E-state index in [2.05, 4.69) is 5.32 Å². The van der Waals surface area contributed by atoms with Gasteiger partial charge < -0.3 is 10.1 Å². The fraction of sp³-hybridized carbons (Fsp3) is 0.188. The van der Waals surface area contributed by atoms with Crippen LogP contribution in [-0.4, -0.2) is 18.3 Å². The first-order valence-corrected chi connectivity index (χ1v) is 7.45. The number of alkyl halides is 2. The van der Waals surface area contributed by atoms with Crippen molar-refractivity contribution in [3.8, 4) is 5.75 Å². The summed E-state index contributed by atoms with van der Waals surface area (Å²) in [4.78, 5) is 12.2. The van der Waals surface area contributed by atoms with E-state index >= 15 is 0 Å². The molecule has 0 fully saturated rings. The Balaban J connectivity index is 1.84. The largest absolute Gasteiger partial charge is 0.484 e. The highest BCUT2D eigenvalue weighted by atomic mass is 32.2. The van der Waals surface area contributed by atoms with Crippen molar-refractivity contribution in [3.63, 3.8) is 0 Å². The summed E-state index contributed by atoms with van der Waals surface area (Å²) >= 11 is 0.464. The maximum atomic E-state index is 12.2. The number of amides is 1. The van der Waals surface area contributed by atoms with E-state index in [0.29, 0.717) is 28.1 Å². The van der Waals surface area contributed by atoms with Crippen LogP contribution in [0, 0.1) is 6.92 Å². The van der Waals surface area contributed by atoms with Gasteiger partial charge in [0.2, 0.25) is 0 Å². The van der Waals surface area contributed by atoms with Crippen LogP contribution < -0.4 is 10.1 Å². The minimum Gasteiger partial charge on any atom is -0.484 e. The van der Waals surface area contributed by atoms with Crippen LogP contribution in [0.2, 0.25) is 0 Å². The molecular formula is C16H15F2NO2S. The lowest BCUT2D eigenvalue weighted by Crippen LogP contribution is -2.20. The van der Waals surface area contributed by atoms with E-state index in [1.54, 1.807) is 18.2 Å². The summed E-state index contributed by atoms with van der Waals surface area (Å²) in [6.45, 7) is 1.82. The molecule has 1 N–H and O–H groups in total. The zero-order valence-corrected chi connectivity index (χ0v) is 12.7. The lowest BCUT2D eigenvalue weighted by atomic mass is 10.2. The van der Waals surface area contributed by atoms with Gasteiger partial charge in [0, 0.05) is 10.6 Å². The highest BCUT2D eigenvalue weighted by Crippen LogP contribution is 2.26. The van der Waals surface area contributed by atoms with Gasteiger partial charge in [0.15, 0.2) is 6.61 Å². The number of carbonyl (C=O) groups excluding carboxylic acids is 1. The Morgan fingerprint density at radius 1 is 1.23 bits per heavy atom. The van der Waals surface area contributed by atoms with Gasteiger partial charge in [0.05, 0.1) is 0 Å². The number of benzene rings is 2. The number of aryl methyl sites for hydroxylation is 1. The van der Waals surface area contributed by atoms with E-state index in [-0.39, 0.29) is 12.5 Å². The molecule has 3 nitrogen and oxygen atoms in total. The maximum absolute atomic E-state index is 12.2. The van der Waals surface area contributed by atoms with Crippen LogP contribution in [0.15, 0.2) is 53.4 Å². The first-order valence-electron chi connectivity index (χ1n) is 6.57. The normalized spacial score (nSPS) is 10.5. The molecule has 0 aliphatic rings. The highest BCUT2D eigenvalue weighted by Gasteiger charge is 2.07. The van der Waals surface area contributed by atoms with Gasteiger partial charge in [-0.25, -0.2) is 0 Å². The van der Waals surface area contributed by atoms with Crippen LogP contribution in [-0.2, 0) is 4.79 Å². The molecular weight excluding hydrogens is 308 g/mol. The molecule has 0 saturated carbocycles. The second-order valence-corrected chi connectivity index (χ2v) is 5.62. The molecule has 0 aromatic heterocycles. The molecule has 0 atom stereocenters. The highest BCUT2D eigenvalue weighted by molar-refractivity contribution is 7.99. The lowest BCUT2D eigenvalue weighted by molar-refractivity contribution is -0.118. The van der Waals surface area contributed by atoms with Crippen LogP contribution >= 0.6 is 11.8 Å². The third kappa shape index (κ3) is 5.37. The third-order valence-corrected chi connectivity index (χ3v) is 3.45. The number of hydrogen-bond acceptors (Lipinski definition) is 3. The van der Waals surface area contributed by atoms with Gasteiger partial charge in [-0.1, -0.05) is 23.9 Å². The van der Waals surface area contributed by atoms with Crippen molar-refractivity contribution in [2.45, 2.75) is 17.6 Å². The van der Waals surface area contributed by atoms with Crippen LogP contribution in [0.1, 0.15) is 5.56 Å². The van der Waals surface area contributed by atoms with Crippen LogP contribution in [0.25, 0.3) is 0 Å². The molecule has 0 unspecified atom stereocenters. The van der Waals surface area contributed by atoms with Gasteiger partial charge in [-0.3, -0.25) is 4.79 Å². The predicted molar refractivity (Wildman–Crippen MR) is 83.6 cm³/mol. The molecule has 1 amide bonds. The Kier molecular flexibility index (Phi) is 5.77. The van der Waals surface area contributed by atoms with Gasteiger partial charge >= 0.3 is 0 Å². The number of hydrogen-bond donors (Lipinski definition) is 1. The van der Waals surface area contributed by atoms with E-state index in [1.165, 1.54) is 12.1 Å². The van der Waals surface area contributed by atoms with Crippen molar-refractivity contribution in [3.05, 3.63) is 54.1 Å². The third-order valence-electron chi connectivity index (χ3n) is 2.72. The summed E-state index contributed by atoms with van der Waals surface area (Å²) in [6.07, 6.45) is 0. The topological polar surface area (TPSA) is 38.3 Å². The zero-order chi connectivity index (χ0) is 15.9. The zero-order valence-electron chi connectivity index (χ0n) is 11.9. The van der Waals surface area contributed by atoms with Crippen molar-refractivity contribution >= 4 is 23.4 Å². The second kappa shape index (κ2) is 7.79. The molecule has 2 rings (SSSR count). The number of ether oxygens (including phenoxy) is 1. The van der Waals surface area contributed by atoms with E-state index in [9.17, 15) is 13.6 Å². The van der Waals surface area contributed by atoms with Crippen molar-refractivity contribution < 1.29 is 18.3 Å². The SMILES string of the molecule is Cc1cccc(OCC(=O)Nc2ccc(SC(F)F)cc2)c1. The van der Waals surface area contributed by atoms with Crippen LogP contribution in [0.4, 0.5) is 14.5 Å². The number of thioether (sulfide) groups is 1. The second-order valence-electron chi connectivity index (χ2n) is 4.56. The number of anilines is 1. The number of halogens is 2. The average molecular weight is 323 g/mol. The minimum absolute atomic E-state index is 0.114. The standard InChI is InChI=1S/C16H15F2NO2S/c1-11-3-2-4-13(9-11)21-10-15(20)19-12-5-7-14(8-6-12)22-16(17)18/h2-9,16H,10H2,1H3,(H,19,20). The molecule has 0 bridgehead atoms. The van der Waals surface area contributed by atoms with Gasteiger partial charge in [-0.05, 0) is 48.9 Å². The molecule has 2 aromatic carbocycles. The Morgan fingerprint density at radius 2 is 1.95 bits per heavy atom. The molecule has 6 heteroatoms. The smallest absolute Gasteiger partial charge is 0.288 e. The summed E-state index contributed by atoms with van der Waals surface area (Å²) in [7, 11) is 0. The summed E-state index contributed by atoms with van der Waals surface area (Å²) in [5.41, 5.74) is 1.58. The quantitative estimate of drug-likeness (QED) is 0.804. The Labute approximate surface area is 131 Å². The molecule has 0 spiro atoms. The van der Waals surface area contributed by atoms with Gasteiger partial charge in [-0.15, -0.1) is 0 Å². The van der Waals surface area contributed by atoms with Crippen molar-refractivity contribution in [1.82, 2.24) is 0 Å². The lowest BCUT2D eigenvalue weighted by Gasteiger charge is -2.08. The summed E-state index contributed by atoms with van der Waals surface area (Å²) in [5.74, 6) is -2.14. The number of rotatable bonds is 6. The molecule has 0 aliphatic heterocycles. The fourth-order valence-corrected chi connectivity index (χ4v) is 2.27. The van der Waals surface area contributed by atoms with E-state index in [1.807, 2.05) is 25.1 Å². The fourth-order valence-electron chi connectivity index (χ4n) is 1.77. The minimum atomic E-state index is -2.46. The van der Waals surface area contributed by atoms with Gasteiger partial charge in [-0.2, -0.15) is 8.78 Å². The van der Waals surface area contributed by atoms with Gasteiger partial charge in [0.25, 0.3) is 11.7 Å². The maximum Gasteiger partial charge on any atom is 0.288 e. The van der Waals surface area contributed by atoms with Crippen molar-refractivity contribution in [2.75, 3.05) is 11.9 Å². The molecule has 0 saturated heterocycles. The first-order chi connectivity index (χ1) is 10.5. The monoisotopic (exact) mass is 323 g/mol. The predicted octanol–water partition coefficient (Wildman–Crippen LogP) is 4.33. The van der Waals surface area contributed by atoms with Crippen LogP contribution in [0.3, 0.4) is 0 Å². The molecule has 116 valence electrons. The first kappa shape index (κ1) is 16.3. The Hall–Kier alpha value is -2.08. The molecule has 22 heavy (non-hydrogen) atoms. The molecule has 2 aromatic rings. The van der Waals surface area contributed by atoms with E-state index < -0.39 is 5.76 Å². The molecule has 0 radical (unpaired) electrons. The molecule has 0 aliphatic carbocycles. The van der Waals surface area contributed by atoms with E-state index in [0.717, 1.165) is 5.56 Å². The average Bonchev–Trinajstić information content (AvgIpc) is 2.47. The van der Waals surface area contributed by atoms with Gasteiger partial charge in [0.1, 0.15) is 5.75 Å². The Morgan fingerprint density at radius 3 is 2.59 bits per heavy atom. The summed E-state index contributed by atoms with van der Waals surface area (Å²) in [6, 6.07) is 13.6. The number of carbonyl (C=O) groups is 1. The van der Waals surface area contributed by atoms with E-state index in [4.69, 9.17) is 4.74 Å². The number of nitrogens with one attached hydrogen (secondary N) is 1.